The second-order valence-corrected chi connectivity index (χ2v) is 7.75. The molecule has 2 heteroatoms. The van der Waals surface area contributed by atoms with Crippen LogP contribution in [-0.4, -0.2) is 11.6 Å². The molecule has 0 saturated heterocycles. The minimum absolute atomic E-state index is 0.0224. The molecule has 0 bridgehead atoms. The van der Waals surface area contributed by atoms with Crippen LogP contribution in [0.5, 0.6) is 0 Å². The molecule has 0 heterocycles. The largest absolute Gasteiger partial charge is 0.294 e. The minimum Gasteiger partial charge on any atom is -0.294 e. The third-order valence-corrected chi connectivity index (χ3v) is 5.77. The van der Waals surface area contributed by atoms with Crippen LogP contribution < -0.4 is 0 Å². The van der Waals surface area contributed by atoms with E-state index >= 15 is 0 Å². The lowest BCUT2D eigenvalue weighted by Crippen LogP contribution is -2.34. The second-order valence-electron chi connectivity index (χ2n) is 7.75. The summed E-state index contributed by atoms with van der Waals surface area (Å²) in [5.41, 5.74) is 2.49. The van der Waals surface area contributed by atoms with Gasteiger partial charge in [0.15, 0.2) is 11.6 Å². The van der Waals surface area contributed by atoms with Crippen LogP contribution >= 0.6 is 0 Å². The lowest BCUT2D eigenvalue weighted by Gasteiger charge is -2.34. The fourth-order valence-electron chi connectivity index (χ4n) is 4.15. The van der Waals surface area contributed by atoms with Crippen molar-refractivity contribution in [3.05, 3.63) is 144 Å². The van der Waals surface area contributed by atoms with Gasteiger partial charge in [-0.1, -0.05) is 121 Å². The van der Waals surface area contributed by atoms with Crippen molar-refractivity contribution in [2.75, 3.05) is 0 Å². The summed E-state index contributed by atoms with van der Waals surface area (Å²) in [7, 11) is 0. The number of Topliss-reactive ketones (excluding diaryl/α,β-unsaturated/α-hetero) is 2. The van der Waals surface area contributed by atoms with E-state index < -0.39 is 5.41 Å². The number of rotatable bonds is 8. The van der Waals surface area contributed by atoms with Gasteiger partial charge >= 0.3 is 0 Å². The molecule has 2 nitrogen and oxygen atoms in total. The van der Waals surface area contributed by atoms with Gasteiger partial charge in [-0.05, 0) is 11.1 Å². The molecule has 4 rings (SSSR count). The Morgan fingerprint density at radius 3 is 1.06 bits per heavy atom. The fraction of sp³-hybridized carbons (Fsp3) is 0.103. The first-order valence-corrected chi connectivity index (χ1v) is 10.5. The van der Waals surface area contributed by atoms with Crippen molar-refractivity contribution in [2.45, 2.75) is 18.3 Å². The van der Waals surface area contributed by atoms with Crippen LogP contribution in [0.4, 0.5) is 0 Å². The van der Waals surface area contributed by atoms with Crippen molar-refractivity contribution in [2.24, 2.45) is 0 Å². The zero-order valence-corrected chi connectivity index (χ0v) is 17.3. The van der Waals surface area contributed by atoms with E-state index in [9.17, 15) is 9.59 Å². The van der Waals surface area contributed by atoms with Gasteiger partial charge in [-0.25, -0.2) is 0 Å². The predicted molar refractivity (Wildman–Crippen MR) is 124 cm³/mol. The molecule has 4 aromatic carbocycles. The molecule has 0 saturated carbocycles. The van der Waals surface area contributed by atoms with E-state index in [-0.39, 0.29) is 24.4 Å². The van der Waals surface area contributed by atoms with Crippen LogP contribution in [0.25, 0.3) is 0 Å². The molecule has 31 heavy (non-hydrogen) atoms. The van der Waals surface area contributed by atoms with Gasteiger partial charge < -0.3 is 0 Å². The number of carbonyl (C=O) groups is 2. The van der Waals surface area contributed by atoms with E-state index in [1.54, 1.807) is 0 Å². The quantitative estimate of drug-likeness (QED) is 0.313. The molecular formula is C29H24O2. The van der Waals surface area contributed by atoms with Crippen LogP contribution in [0.1, 0.15) is 44.7 Å². The Balaban J connectivity index is 1.84. The van der Waals surface area contributed by atoms with E-state index in [1.165, 1.54) is 0 Å². The predicted octanol–water partition coefficient (Wildman–Crippen LogP) is 6.52. The van der Waals surface area contributed by atoms with Crippen LogP contribution in [0, 0.1) is 0 Å². The van der Waals surface area contributed by atoms with Gasteiger partial charge in [-0.3, -0.25) is 9.59 Å². The molecule has 0 spiro atoms. The summed E-state index contributed by atoms with van der Waals surface area (Å²) in [6.45, 7) is 0. The van der Waals surface area contributed by atoms with Gasteiger partial charge in [0.05, 0.1) is 0 Å². The highest BCUT2D eigenvalue weighted by Gasteiger charge is 2.39. The minimum atomic E-state index is -0.762. The first-order valence-electron chi connectivity index (χ1n) is 10.5. The summed E-state index contributed by atoms with van der Waals surface area (Å²) in [6, 6.07) is 38.5. The summed E-state index contributed by atoms with van der Waals surface area (Å²) in [5.74, 6) is 0.0448. The maximum Gasteiger partial charge on any atom is 0.164 e. The summed E-state index contributed by atoms with van der Waals surface area (Å²) in [4.78, 5) is 26.8. The molecule has 0 aliphatic carbocycles. The van der Waals surface area contributed by atoms with Crippen molar-refractivity contribution in [3.8, 4) is 0 Å². The van der Waals surface area contributed by atoms with E-state index in [0.29, 0.717) is 11.1 Å². The number of benzene rings is 4. The SMILES string of the molecule is O=C(CC(CC(=O)c1ccccc1)(c1ccccc1)c1ccccc1)c1ccccc1. The van der Waals surface area contributed by atoms with E-state index in [4.69, 9.17) is 0 Å². The highest BCUT2D eigenvalue weighted by atomic mass is 16.1. The first kappa shape index (κ1) is 20.5. The van der Waals surface area contributed by atoms with Crippen molar-refractivity contribution < 1.29 is 9.59 Å². The molecule has 0 aliphatic rings. The third-order valence-electron chi connectivity index (χ3n) is 5.77. The van der Waals surface area contributed by atoms with Crippen molar-refractivity contribution in [3.63, 3.8) is 0 Å². The average Bonchev–Trinajstić information content (AvgIpc) is 2.85. The smallest absolute Gasteiger partial charge is 0.164 e. The summed E-state index contributed by atoms with van der Waals surface area (Å²) < 4.78 is 0. The van der Waals surface area contributed by atoms with Crippen LogP contribution in [0.15, 0.2) is 121 Å². The molecule has 0 fully saturated rings. The zero-order valence-electron chi connectivity index (χ0n) is 17.3. The first-order chi connectivity index (χ1) is 15.2. The van der Waals surface area contributed by atoms with E-state index in [0.717, 1.165) is 11.1 Å². The zero-order chi connectivity index (χ0) is 21.5. The molecule has 4 aromatic rings. The summed E-state index contributed by atoms with van der Waals surface area (Å²) in [5, 5.41) is 0. The highest BCUT2D eigenvalue weighted by molar-refractivity contribution is 6.00. The Kier molecular flexibility index (Phi) is 6.18. The van der Waals surface area contributed by atoms with Crippen LogP contribution in [-0.2, 0) is 5.41 Å². The van der Waals surface area contributed by atoms with Gasteiger partial charge in [0.2, 0.25) is 0 Å². The Labute approximate surface area is 183 Å². The second kappa shape index (κ2) is 9.36. The Morgan fingerprint density at radius 2 is 0.742 bits per heavy atom. The van der Waals surface area contributed by atoms with E-state index in [2.05, 4.69) is 0 Å². The van der Waals surface area contributed by atoms with E-state index in [1.807, 2.05) is 121 Å². The van der Waals surface area contributed by atoms with Crippen molar-refractivity contribution in [1.29, 1.82) is 0 Å². The number of hydrogen-bond acceptors (Lipinski definition) is 2. The Morgan fingerprint density at radius 1 is 0.452 bits per heavy atom. The molecule has 0 amide bonds. The summed E-state index contributed by atoms with van der Waals surface area (Å²) in [6.07, 6.45) is 0.424. The van der Waals surface area contributed by atoms with Gasteiger partial charge in [0, 0.05) is 29.4 Å². The number of hydrogen-bond donors (Lipinski definition) is 0. The fourth-order valence-corrected chi connectivity index (χ4v) is 4.15. The van der Waals surface area contributed by atoms with Crippen LogP contribution in [0.3, 0.4) is 0 Å². The maximum absolute atomic E-state index is 13.4. The lowest BCUT2D eigenvalue weighted by molar-refractivity contribution is 0.0916. The highest BCUT2D eigenvalue weighted by Crippen LogP contribution is 2.41. The van der Waals surface area contributed by atoms with Crippen LogP contribution in [0.2, 0.25) is 0 Å². The molecule has 0 aromatic heterocycles. The molecule has 0 N–H and O–H groups in total. The number of ketones is 2. The van der Waals surface area contributed by atoms with Gasteiger partial charge in [0.1, 0.15) is 0 Å². The Bertz CT molecular complexity index is 1040. The third kappa shape index (κ3) is 4.54. The molecular weight excluding hydrogens is 380 g/mol. The number of carbonyl (C=O) groups excluding carboxylic acids is 2. The van der Waals surface area contributed by atoms with Gasteiger partial charge in [-0.15, -0.1) is 0 Å². The molecule has 0 radical (unpaired) electrons. The molecule has 152 valence electrons. The average molecular weight is 405 g/mol. The van der Waals surface area contributed by atoms with Gasteiger partial charge in [-0.2, -0.15) is 0 Å². The standard InChI is InChI=1S/C29H24O2/c30-27(23-13-5-1-6-14-23)21-29(25-17-9-3-10-18-25,26-19-11-4-12-20-26)22-28(31)24-15-7-2-8-16-24/h1-20H,21-22H2. The monoisotopic (exact) mass is 404 g/mol. The topological polar surface area (TPSA) is 34.1 Å². The lowest BCUT2D eigenvalue weighted by atomic mass is 9.67. The maximum atomic E-state index is 13.4. The molecule has 0 aliphatic heterocycles. The van der Waals surface area contributed by atoms with Gasteiger partial charge in [0.25, 0.3) is 0 Å². The summed E-state index contributed by atoms with van der Waals surface area (Å²) >= 11 is 0. The van der Waals surface area contributed by atoms with Crippen molar-refractivity contribution >= 4 is 11.6 Å². The normalized spacial score (nSPS) is 11.1. The van der Waals surface area contributed by atoms with Crippen molar-refractivity contribution in [1.82, 2.24) is 0 Å². The Hall–Kier alpha value is -3.78. The molecule has 0 unspecified atom stereocenters. The molecule has 0 atom stereocenters.